The first-order chi connectivity index (χ1) is 10.3. The maximum atomic E-state index is 12.3. The quantitative estimate of drug-likeness (QED) is 0.791. The number of amides is 1. The van der Waals surface area contributed by atoms with Gasteiger partial charge in [0.2, 0.25) is 0 Å². The standard InChI is InChI=1S/C14H18F3N3O2/c1-4-22-12(5-6-18-3)11-7-10(9(2)8-19-11)20-13(21)14(15,16)17/h5,7-8,18H,4,6H2,1-3H3,(H,19,20,21)/b12-5+. The van der Waals surface area contributed by atoms with Gasteiger partial charge in [-0.25, -0.2) is 0 Å². The molecule has 0 radical (unpaired) electrons. The number of likely N-dealkylation sites (N-methyl/N-ethyl adjacent to an activating group) is 1. The highest BCUT2D eigenvalue weighted by atomic mass is 19.4. The van der Waals surface area contributed by atoms with Crippen molar-refractivity contribution in [2.75, 3.05) is 25.5 Å². The first kappa shape index (κ1) is 18.0. The molecule has 0 unspecified atom stereocenters. The third kappa shape index (κ3) is 5.03. The van der Waals surface area contributed by atoms with Gasteiger partial charge in [0, 0.05) is 18.4 Å². The van der Waals surface area contributed by atoms with E-state index in [1.807, 2.05) is 5.32 Å². The zero-order chi connectivity index (χ0) is 16.8. The Bertz CT molecular complexity index is 557. The van der Waals surface area contributed by atoms with Gasteiger partial charge in [0.05, 0.1) is 6.61 Å². The van der Waals surface area contributed by atoms with Gasteiger partial charge in [-0.1, -0.05) is 0 Å². The second-order valence-electron chi connectivity index (χ2n) is 4.40. The van der Waals surface area contributed by atoms with Crippen LogP contribution in [0, 0.1) is 6.92 Å². The second kappa shape index (κ2) is 7.79. The van der Waals surface area contributed by atoms with Gasteiger partial charge in [-0.05, 0) is 38.6 Å². The molecule has 0 aliphatic rings. The van der Waals surface area contributed by atoms with Crippen LogP contribution in [0.25, 0.3) is 5.76 Å². The SMILES string of the molecule is CCO/C(=C/CNC)c1cc(NC(=O)C(F)(F)F)c(C)cn1. The molecule has 1 heterocycles. The molecule has 0 atom stereocenters. The lowest BCUT2D eigenvalue weighted by molar-refractivity contribution is -0.167. The average molecular weight is 317 g/mol. The number of pyridine rings is 1. The molecule has 0 aromatic carbocycles. The van der Waals surface area contributed by atoms with Gasteiger partial charge in [-0.15, -0.1) is 0 Å². The number of carbonyl (C=O) groups excluding carboxylic acids is 1. The second-order valence-corrected chi connectivity index (χ2v) is 4.40. The van der Waals surface area contributed by atoms with Crippen molar-refractivity contribution >= 4 is 17.4 Å². The predicted molar refractivity (Wildman–Crippen MR) is 77.2 cm³/mol. The Kier molecular flexibility index (Phi) is 6.36. The summed E-state index contributed by atoms with van der Waals surface area (Å²) in [5.74, 6) is -1.59. The van der Waals surface area contributed by atoms with Gasteiger partial charge in [0.1, 0.15) is 11.5 Å². The number of carbonyl (C=O) groups is 1. The maximum absolute atomic E-state index is 12.3. The molecular formula is C14H18F3N3O2. The first-order valence-electron chi connectivity index (χ1n) is 6.62. The van der Waals surface area contributed by atoms with Gasteiger partial charge >= 0.3 is 12.1 Å². The van der Waals surface area contributed by atoms with Crippen LogP contribution in [0.5, 0.6) is 0 Å². The van der Waals surface area contributed by atoms with Crippen LogP contribution in [0.2, 0.25) is 0 Å². The molecule has 22 heavy (non-hydrogen) atoms. The van der Waals surface area contributed by atoms with E-state index in [1.165, 1.54) is 12.3 Å². The molecule has 1 aromatic heterocycles. The molecule has 1 amide bonds. The Morgan fingerprint density at radius 1 is 1.45 bits per heavy atom. The number of nitrogens with zero attached hydrogens (tertiary/aromatic N) is 1. The van der Waals surface area contributed by atoms with E-state index in [-0.39, 0.29) is 5.69 Å². The normalized spacial score (nSPS) is 12.2. The molecule has 0 saturated heterocycles. The number of hydrogen-bond acceptors (Lipinski definition) is 4. The van der Waals surface area contributed by atoms with Crippen molar-refractivity contribution in [3.8, 4) is 0 Å². The number of anilines is 1. The zero-order valence-electron chi connectivity index (χ0n) is 12.5. The van der Waals surface area contributed by atoms with Crippen molar-refractivity contribution in [3.63, 3.8) is 0 Å². The summed E-state index contributed by atoms with van der Waals surface area (Å²) in [5, 5.41) is 4.74. The van der Waals surface area contributed by atoms with Gasteiger partial charge in [-0.2, -0.15) is 13.2 Å². The maximum Gasteiger partial charge on any atom is 0.471 e. The van der Waals surface area contributed by atoms with Crippen molar-refractivity contribution in [2.24, 2.45) is 0 Å². The number of alkyl halides is 3. The van der Waals surface area contributed by atoms with Gasteiger partial charge in [0.25, 0.3) is 0 Å². The van der Waals surface area contributed by atoms with Crippen molar-refractivity contribution in [1.82, 2.24) is 10.3 Å². The van der Waals surface area contributed by atoms with Crippen LogP contribution in [0.15, 0.2) is 18.3 Å². The number of ether oxygens (including phenoxy) is 1. The van der Waals surface area contributed by atoms with E-state index in [0.29, 0.717) is 30.2 Å². The summed E-state index contributed by atoms with van der Waals surface area (Å²) in [4.78, 5) is 15.2. The Morgan fingerprint density at radius 2 is 2.14 bits per heavy atom. The summed E-state index contributed by atoms with van der Waals surface area (Å²) in [7, 11) is 1.75. The van der Waals surface area contributed by atoms with Crippen LogP contribution in [-0.4, -0.2) is 37.3 Å². The average Bonchev–Trinajstić information content (AvgIpc) is 2.45. The smallest absolute Gasteiger partial charge is 0.471 e. The topological polar surface area (TPSA) is 63.2 Å². The Balaban J connectivity index is 3.09. The summed E-state index contributed by atoms with van der Waals surface area (Å²) < 4.78 is 42.4. The molecule has 5 nitrogen and oxygen atoms in total. The molecule has 0 aliphatic heterocycles. The molecule has 0 bridgehead atoms. The lowest BCUT2D eigenvalue weighted by Gasteiger charge is -2.13. The first-order valence-corrected chi connectivity index (χ1v) is 6.62. The van der Waals surface area contributed by atoms with Crippen LogP contribution in [0.3, 0.4) is 0 Å². The minimum atomic E-state index is -4.94. The summed E-state index contributed by atoms with van der Waals surface area (Å²) in [6.45, 7) is 4.23. The third-order valence-corrected chi connectivity index (χ3v) is 2.65. The van der Waals surface area contributed by atoms with E-state index >= 15 is 0 Å². The largest absolute Gasteiger partial charge is 0.492 e. The third-order valence-electron chi connectivity index (χ3n) is 2.65. The molecule has 0 aliphatic carbocycles. The van der Waals surface area contributed by atoms with Crippen LogP contribution in [0.1, 0.15) is 18.2 Å². The highest BCUT2D eigenvalue weighted by Crippen LogP contribution is 2.23. The fourth-order valence-electron chi connectivity index (χ4n) is 1.57. The molecule has 8 heteroatoms. The molecule has 1 rings (SSSR count). The minimum absolute atomic E-state index is 0.0439. The van der Waals surface area contributed by atoms with Crippen LogP contribution in [-0.2, 0) is 9.53 Å². The summed E-state index contributed by atoms with van der Waals surface area (Å²) in [6, 6.07) is 1.36. The fraction of sp³-hybridized carbons (Fsp3) is 0.429. The number of rotatable bonds is 6. The highest BCUT2D eigenvalue weighted by Gasteiger charge is 2.38. The Morgan fingerprint density at radius 3 is 2.68 bits per heavy atom. The predicted octanol–water partition coefficient (Wildman–Crippen LogP) is 2.49. The summed E-state index contributed by atoms with van der Waals surface area (Å²) >= 11 is 0. The van der Waals surface area contributed by atoms with Crippen molar-refractivity contribution in [3.05, 3.63) is 29.6 Å². The molecule has 0 saturated carbocycles. The monoisotopic (exact) mass is 317 g/mol. The lowest BCUT2D eigenvalue weighted by atomic mass is 10.2. The number of halogens is 3. The molecule has 0 fully saturated rings. The molecular weight excluding hydrogens is 299 g/mol. The van der Waals surface area contributed by atoms with Crippen LogP contribution >= 0.6 is 0 Å². The van der Waals surface area contributed by atoms with E-state index in [1.54, 1.807) is 27.0 Å². The molecule has 0 spiro atoms. The Labute approximate surface area is 126 Å². The van der Waals surface area contributed by atoms with E-state index in [4.69, 9.17) is 4.74 Å². The molecule has 2 N–H and O–H groups in total. The summed E-state index contributed by atoms with van der Waals surface area (Å²) in [6.07, 6.45) is -1.84. The van der Waals surface area contributed by atoms with E-state index in [2.05, 4.69) is 10.3 Å². The molecule has 122 valence electrons. The van der Waals surface area contributed by atoms with Crippen molar-refractivity contribution in [2.45, 2.75) is 20.0 Å². The number of hydrogen-bond donors (Lipinski definition) is 2. The number of aromatic nitrogens is 1. The van der Waals surface area contributed by atoms with Gasteiger partial charge in [0.15, 0.2) is 0 Å². The van der Waals surface area contributed by atoms with Gasteiger partial charge in [-0.3, -0.25) is 9.78 Å². The van der Waals surface area contributed by atoms with Crippen molar-refractivity contribution < 1.29 is 22.7 Å². The van der Waals surface area contributed by atoms with E-state index in [9.17, 15) is 18.0 Å². The van der Waals surface area contributed by atoms with Crippen molar-refractivity contribution in [1.29, 1.82) is 0 Å². The fourth-order valence-corrected chi connectivity index (χ4v) is 1.57. The van der Waals surface area contributed by atoms with E-state index in [0.717, 1.165) is 0 Å². The Hall–Kier alpha value is -2.09. The van der Waals surface area contributed by atoms with E-state index < -0.39 is 12.1 Å². The summed E-state index contributed by atoms with van der Waals surface area (Å²) in [5.41, 5.74) is 0.813. The number of nitrogens with one attached hydrogen (secondary N) is 2. The van der Waals surface area contributed by atoms with Crippen LogP contribution in [0.4, 0.5) is 18.9 Å². The van der Waals surface area contributed by atoms with Crippen LogP contribution < -0.4 is 10.6 Å². The number of aryl methyl sites for hydroxylation is 1. The van der Waals surface area contributed by atoms with Gasteiger partial charge < -0.3 is 15.4 Å². The zero-order valence-corrected chi connectivity index (χ0v) is 12.5. The lowest BCUT2D eigenvalue weighted by Crippen LogP contribution is -2.30. The minimum Gasteiger partial charge on any atom is -0.492 e. The molecule has 1 aromatic rings. The highest BCUT2D eigenvalue weighted by molar-refractivity contribution is 5.95.